The summed E-state index contributed by atoms with van der Waals surface area (Å²) in [7, 11) is 0. The average molecular weight is 273 g/mol. The Labute approximate surface area is 119 Å². The molecule has 0 aliphatic carbocycles. The fourth-order valence-electron chi connectivity index (χ4n) is 2.02. The van der Waals surface area contributed by atoms with E-state index in [0.717, 1.165) is 11.1 Å². The summed E-state index contributed by atoms with van der Waals surface area (Å²) in [4.78, 5) is 12.5. The highest BCUT2D eigenvalue weighted by atomic mass is 35.5. The maximum absolute atomic E-state index is 12.5. The Morgan fingerprint density at radius 1 is 1.00 bits per heavy atom. The molecule has 19 heavy (non-hydrogen) atoms. The van der Waals surface area contributed by atoms with Crippen molar-refractivity contribution >= 4 is 17.4 Å². The van der Waals surface area contributed by atoms with Crippen LogP contribution in [-0.2, 0) is 16.6 Å². The van der Waals surface area contributed by atoms with Gasteiger partial charge >= 0.3 is 0 Å². The number of rotatable bonds is 4. The van der Waals surface area contributed by atoms with Crippen LogP contribution in [0.25, 0.3) is 0 Å². The van der Waals surface area contributed by atoms with E-state index in [9.17, 15) is 4.79 Å². The van der Waals surface area contributed by atoms with Gasteiger partial charge in [0.05, 0.1) is 0 Å². The molecule has 0 atom stereocenters. The minimum atomic E-state index is -0.471. The van der Waals surface area contributed by atoms with E-state index in [-0.39, 0.29) is 5.78 Å². The van der Waals surface area contributed by atoms with Gasteiger partial charge in [0.2, 0.25) is 0 Å². The van der Waals surface area contributed by atoms with Gasteiger partial charge in [-0.15, -0.1) is 0 Å². The minimum absolute atomic E-state index is 0.209. The lowest BCUT2D eigenvalue weighted by molar-refractivity contribution is -0.122. The maximum atomic E-state index is 12.5. The predicted molar refractivity (Wildman–Crippen MR) is 79.6 cm³/mol. The first-order valence-electron chi connectivity index (χ1n) is 6.33. The van der Waals surface area contributed by atoms with Crippen LogP contribution in [0.4, 0.5) is 0 Å². The number of hydrogen-bond acceptors (Lipinski definition) is 1. The Balaban J connectivity index is 2.17. The SMILES string of the molecule is CC(C)(C(=O)Cc1ccc(Cl)cc1)c1ccccc1. The van der Waals surface area contributed by atoms with Crippen molar-refractivity contribution in [1.29, 1.82) is 0 Å². The van der Waals surface area contributed by atoms with Crippen molar-refractivity contribution < 1.29 is 4.79 Å². The molecule has 0 fully saturated rings. The van der Waals surface area contributed by atoms with Crippen LogP contribution in [0, 0.1) is 0 Å². The molecule has 0 aliphatic heterocycles. The Morgan fingerprint density at radius 2 is 1.58 bits per heavy atom. The van der Waals surface area contributed by atoms with E-state index < -0.39 is 5.41 Å². The average Bonchev–Trinajstić information content (AvgIpc) is 2.42. The standard InChI is InChI=1S/C17H17ClO/c1-17(2,14-6-4-3-5-7-14)16(19)12-13-8-10-15(18)11-9-13/h3-11H,12H2,1-2H3. The third-order valence-electron chi connectivity index (χ3n) is 3.47. The molecule has 0 bridgehead atoms. The van der Waals surface area contributed by atoms with Crippen LogP contribution in [0.5, 0.6) is 0 Å². The number of benzene rings is 2. The molecule has 0 saturated carbocycles. The van der Waals surface area contributed by atoms with Crippen LogP contribution >= 0.6 is 11.6 Å². The van der Waals surface area contributed by atoms with Crippen molar-refractivity contribution in [2.75, 3.05) is 0 Å². The van der Waals surface area contributed by atoms with Gasteiger partial charge in [0.1, 0.15) is 5.78 Å². The molecule has 0 unspecified atom stereocenters. The highest BCUT2D eigenvalue weighted by Gasteiger charge is 2.28. The van der Waals surface area contributed by atoms with E-state index in [1.807, 2.05) is 68.4 Å². The molecule has 0 aromatic heterocycles. The lowest BCUT2D eigenvalue weighted by atomic mass is 9.78. The van der Waals surface area contributed by atoms with Crippen molar-refractivity contribution in [2.45, 2.75) is 25.7 Å². The largest absolute Gasteiger partial charge is 0.298 e. The molecule has 0 aliphatic rings. The van der Waals surface area contributed by atoms with E-state index in [1.165, 1.54) is 0 Å². The number of carbonyl (C=O) groups excluding carboxylic acids is 1. The van der Waals surface area contributed by atoms with Gasteiger partial charge in [0.25, 0.3) is 0 Å². The lowest BCUT2D eigenvalue weighted by Crippen LogP contribution is -2.30. The molecule has 2 heteroatoms. The maximum Gasteiger partial charge on any atom is 0.147 e. The van der Waals surface area contributed by atoms with Gasteiger partial charge in [0.15, 0.2) is 0 Å². The van der Waals surface area contributed by atoms with Crippen LogP contribution in [-0.4, -0.2) is 5.78 Å². The Morgan fingerprint density at radius 3 is 2.16 bits per heavy atom. The van der Waals surface area contributed by atoms with Gasteiger partial charge in [-0.1, -0.05) is 54.1 Å². The van der Waals surface area contributed by atoms with Gasteiger partial charge in [-0.3, -0.25) is 4.79 Å². The second kappa shape index (κ2) is 5.58. The summed E-state index contributed by atoms with van der Waals surface area (Å²) < 4.78 is 0. The third-order valence-corrected chi connectivity index (χ3v) is 3.72. The topological polar surface area (TPSA) is 17.1 Å². The summed E-state index contributed by atoms with van der Waals surface area (Å²) in [5.41, 5.74) is 1.58. The molecule has 0 saturated heterocycles. The molecule has 0 spiro atoms. The normalized spacial score (nSPS) is 11.3. The molecule has 2 aromatic rings. The highest BCUT2D eigenvalue weighted by Crippen LogP contribution is 2.25. The summed E-state index contributed by atoms with van der Waals surface area (Å²) in [6.45, 7) is 3.95. The first kappa shape index (κ1) is 13.8. The van der Waals surface area contributed by atoms with Gasteiger partial charge < -0.3 is 0 Å². The Kier molecular flexibility index (Phi) is 4.06. The van der Waals surface area contributed by atoms with Gasteiger partial charge in [-0.2, -0.15) is 0 Å². The van der Waals surface area contributed by atoms with Crippen molar-refractivity contribution in [3.63, 3.8) is 0 Å². The number of ketones is 1. The zero-order chi connectivity index (χ0) is 13.9. The number of carbonyl (C=O) groups is 1. The highest BCUT2D eigenvalue weighted by molar-refractivity contribution is 6.30. The zero-order valence-electron chi connectivity index (χ0n) is 11.2. The van der Waals surface area contributed by atoms with E-state index >= 15 is 0 Å². The summed E-state index contributed by atoms with van der Waals surface area (Å²) in [6.07, 6.45) is 0.430. The number of halogens is 1. The van der Waals surface area contributed by atoms with Crippen LogP contribution in [0.15, 0.2) is 54.6 Å². The Hall–Kier alpha value is -1.60. The first-order chi connectivity index (χ1) is 9.00. The summed E-state index contributed by atoms with van der Waals surface area (Å²) >= 11 is 5.85. The van der Waals surface area contributed by atoms with Crippen molar-refractivity contribution in [1.82, 2.24) is 0 Å². The van der Waals surface area contributed by atoms with Crippen molar-refractivity contribution in [2.24, 2.45) is 0 Å². The summed E-state index contributed by atoms with van der Waals surface area (Å²) in [5.74, 6) is 0.209. The fourth-order valence-corrected chi connectivity index (χ4v) is 2.15. The molecule has 98 valence electrons. The smallest absolute Gasteiger partial charge is 0.147 e. The monoisotopic (exact) mass is 272 g/mol. The number of Topliss-reactive ketones (excluding diaryl/α,β-unsaturated/α-hetero) is 1. The van der Waals surface area contributed by atoms with Crippen LogP contribution < -0.4 is 0 Å². The quantitative estimate of drug-likeness (QED) is 0.805. The zero-order valence-corrected chi connectivity index (χ0v) is 11.9. The molecule has 0 heterocycles. The van der Waals surface area contributed by atoms with Gasteiger partial charge in [-0.05, 0) is 37.1 Å². The second-order valence-electron chi connectivity index (χ2n) is 5.22. The first-order valence-corrected chi connectivity index (χ1v) is 6.71. The molecule has 0 amide bonds. The predicted octanol–water partition coefficient (Wildman–Crippen LogP) is 4.43. The van der Waals surface area contributed by atoms with Crippen molar-refractivity contribution in [3.8, 4) is 0 Å². The molecular formula is C17H17ClO. The fraction of sp³-hybridized carbons (Fsp3) is 0.235. The summed E-state index contributed by atoms with van der Waals surface area (Å²) in [6, 6.07) is 17.3. The van der Waals surface area contributed by atoms with E-state index in [1.54, 1.807) is 0 Å². The second-order valence-corrected chi connectivity index (χ2v) is 5.65. The molecule has 2 rings (SSSR count). The van der Waals surface area contributed by atoms with E-state index in [0.29, 0.717) is 11.4 Å². The van der Waals surface area contributed by atoms with Gasteiger partial charge in [-0.25, -0.2) is 0 Å². The molecular weight excluding hydrogens is 256 g/mol. The third kappa shape index (κ3) is 3.24. The summed E-state index contributed by atoms with van der Waals surface area (Å²) in [5, 5.41) is 0.693. The van der Waals surface area contributed by atoms with Crippen LogP contribution in [0.2, 0.25) is 5.02 Å². The lowest BCUT2D eigenvalue weighted by Gasteiger charge is -2.23. The van der Waals surface area contributed by atoms with Crippen molar-refractivity contribution in [3.05, 3.63) is 70.7 Å². The minimum Gasteiger partial charge on any atom is -0.298 e. The molecule has 0 N–H and O–H groups in total. The van der Waals surface area contributed by atoms with E-state index in [4.69, 9.17) is 11.6 Å². The number of hydrogen-bond donors (Lipinski definition) is 0. The molecule has 2 aromatic carbocycles. The van der Waals surface area contributed by atoms with Crippen LogP contribution in [0.3, 0.4) is 0 Å². The van der Waals surface area contributed by atoms with E-state index in [2.05, 4.69) is 0 Å². The molecule has 0 radical (unpaired) electrons. The molecule has 1 nitrogen and oxygen atoms in total. The van der Waals surface area contributed by atoms with Crippen LogP contribution in [0.1, 0.15) is 25.0 Å². The Bertz CT molecular complexity index is 556. The van der Waals surface area contributed by atoms with Gasteiger partial charge in [0, 0.05) is 16.9 Å².